The van der Waals surface area contributed by atoms with E-state index in [1.165, 1.54) is 6.92 Å². The van der Waals surface area contributed by atoms with Crippen molar-refractivity contribution in [1.29, 1.82) is 0 Å². The minimum absolute atomic E-state index is 0.147. The highest BCUT2D eigenvalue weighted by Crippen LogP contribution is 2.21. The van der Waals surface area contributed by atoms with Gasteiger partial charge in [0, 0.05) is 19.2 Å². The molecule has 2 aromatic rings. The van der Waals surface area contributed by atoms with Crippen LogP contribution in [-0.4, -0.2) is 21.1 Å². The Morgan fingerprint density at radius 3 is 3.14 bits per heavy atom. The second kappa shape index (κ2) is 3.38. The number of nitrogens with one attached hydrogen (secondary N) is 2. The molecule has 2 heterocycles. The molecule has 0 spiro atoms. The van der Waals surface area contributed by atoms with Crippen LogP contribution in [0.25, 0.3) is 10.9 Å². The molecule has 0 fully saturated rings. The molecule has 1 amide bonds. The van der Waals surface area contributed by atoms with E-state index in [9.17, 15) is 4.79 Å². The van der Waals surface area contributed by atoms with Crippen molar-refractivity contribution in [2.45, 2.75) is 6.92 Å². The average Bonchev–Trinajstić information content (AvgIpc) is 2.46. The number of hydrogen-bond acceptors (Lipinski definition) is 3. The second-order valence-electron chi connectivity index (χ2n) is 2.81. The molecular formula is C8H7BrN4O. The van der Waals surface area contributed by atoms with Crippen molar-refractivity contribution >= 4 is 38.6 Å². The highest BCUT2D eigenvalue weighted by Gasteiger charge is 2.04. The van der Waals surface area contributed by atoms with Gasteiger partial charge in [-0.2, -0.15) is 5.10 Å². The lowest BCUT2D eigenvalue weighted by Gasteiger charge is -1.98. The van der Waals surface area contributed by atoms with E-state index in [0.717, 1.165) is 15.5 Å². The molecule has 0 atom stereocenters. The van der Waals surface area contributed by atoms with E-state index < -0.39 is 0 Å². The predicted octanol–water partition coefficient (Wildman–Crippen LogP) is 1.68. The molecule has 0 saturated carbocycles. The summed E-state index contributed by atoms with van der Waals surface area (Å²) in [6.07, 6.45) is 1.65. The molecule has 0 bridgehead atoms. The maximum Gasteiger partial charge on any atom is 0.222 e. The van der Waals surface area contributed by atoms with Gasteiger partial charge in [0.25, 0.3) is 0 Å². The van der Waals surface area contributed by atoms with Gasteiger partial charge in [-0.25, -0.2) is 4.98 Å². The van der Waals surface area contributed by atoms with E-state index in [1.807, 2.05) is 0 Å². The molecule has 0 unspecified atom stereocenters. The SMILES string of the molecule is CC(=O)Nc1cc2n[nH]c(Br)c2cn1. The zero-order chi connectivity index (χ0) is 10.1. The molecule has 0 radical (unpaired) electrons. The third kappa shape index (κ3) is 1.60. The smallest absolute Gasteiger partial charge is 0.222 e. The summed E-state index contributed by atoms with van der Waals surface area (Å²) in [5.41, 5.74) is 0.760. The van der Waals surface area contributed by atoms with Crippen molar-refractivity contribution in [3.63, 3.8) is 0 Å². The van der Waals surface area contributed by atoms with Gasteiger partial charge in [0.05, 0.1) is 10.9 Å². The molecule has 0 aliphatic rings. The standard InChI is InChI=1S/C8H7BrN4O/c1-4(14)11-7-2-6-5(3-10-7)8(9)13-12-6/h2-3H,1H3,(H,12,13)(H,10,11,14). The number of pyridine rings is 1. The van der Waals surface area contributed by atoms with Crippen molar-refractivity contribution in [2.24, 2.45) is 0 Å². The number of hydrogen-bond donors (Lipinski definition) is 2. The molecular weight excluding hydrogens is 248 g/mol. The van der Waals surface area contributed by atoms with Crippen LogP contribution < -0.4 is 5.32 Å². The minimum Gasteiger partial charge on any atom is -0.311 e. The topological polar surface area (TPSA) is 70.7 Å². The molecule has 2 N–H and O–H groups in total. The molecule has 0 aromatic carbocycles. The molecule has 2 rings (SSSR count). The zero-order valence-electron chi connectivity index (χ0n) is 7.34. The molecule has 72 valence electrons. The molecule has 0 saturated heterocycles. The summed E-state index contributed by atoms with van der Waals surface area (Å²) in [4.78, 5) is 14.8. The predicted molar refractivity (Wildman–Crippen MR) is 55.9 cm³/mol. The van der Waals surface area contributed by atoms with E-state index in [-0.39, 0.29) is 5.91 Å². The summed E-state index contributed by atoms with van der Waals surface area (Å²) >= 11 is 3.30. The van der Waals surface area contributed by atoms with Crippen molar-refractivity contribution in [3.05, 3.63) is 16.9 Å². The first kappa shape index (κ1) is 9.14. The lowest BCUT2D eigenvalue weighted by Crippen LogP contribution is -2.06. The summed E-state index contributed by atoms with van der Waals surface area (Å²) in [6, 6.07) is 1.71. The number of rotatable bonds is 1. The van der Waals surface area contributed by atoms with Crippen LogP contribution in [0.1, 0.15) is 6.92 Å². The van der Waals surface area contributed by atoms with Gasteiger partial charge in [0.2, 0.25) is 5.91 Å². The zero-order valence-corrected chi connectivity index (χ0v) is 8.92. The first-order valence-electron chi connectivity index (χ1n) is 3.94. The van der Waals surface area contributed by atoms with Crippen LogP contribution in [0.15, 0.2) is 16.9 Å². The summed E-state index contributed by atoms with van der Waals surface area (Å²) in [5, 5.41) is 10.3. The van der Waals surface area contributed by atoms with Crippen LogP contribution in [0, 0.1) is 0 Å². The maximum atomic E-state index is 10.8. The Morgan fingerprint density at radius 2 is 2.43 bits per heavy atom. The number of halogens is 1. The summed E-state index contributed by atoms with van der Waals surface area (Å²) in [7, 11) is 0. The number of carbonyl (C=O) groups excluding carboxylic acids is 1. The van der Waals surface area contributed by atoms with Crippen LogP contribution in [0.3, 0.4) is 0 Å². The van der Waals surface area contributed by atoms with Crippen molar-refractivity contribution in [2.75, 3.05) is 5.32 Å². The van der Waals surface area contributed by atoms with Gasteiger partial charge in [-0.15, -0.1) is 0 Å². The fourth-order valence-electron chi connectivity index (χ4n) is 1.12. The Labute approximate surface area is 88.0 Å². The van der Waals surface area contributed by atoms with E-state index in [1.54, 1.807) is 12.3 Å². The maximum absolute atomic E-state index is 10.8. The van der Waals surface area contributed by atoms with Crippen LogP contribution in [0.5, 0.6) is 0 Å². The summed E-state index contributed by atoms with van der Waals surface area (Å²) in [5.74, 6) is 0.357. The molecule has 0 aliphatic heterocycles. The van der Waals surface area contributed by atoms with Crippen LogP contribution in [0.2, 0.25) is 0 Å². The van der Waals surface area contributed by atoms with Crippen molar-refractivity contribution in [3.8, 4) is 0 Å². The number of nitrogens with zero attached hydrogens (tertiary/aromatic N) is 2. The number of fused-ring (bicyclic) bond motifs is 1. The minimum atomic E-state index is -0.147. The third-order valence-corrected chi connectivity index (χ3v) is 2.30. The van der Waals surface area contributed by atoms with Gasteiger partial charge in [-0.05, 0) is 15.9 Å². The molecule has 0 aliphatic carbocycles. The molecule has 5 nitrogen and oxygen atoms in total. The fourth-order valence-corrected chi connectivity index (χ4v) is 1.52. The van der Waals surface area contributed by atoms with Gasteiger partial charge in [0.1, 0.15) is 10.4 Å². The van der Waals surface area contributed by atoms with Gasteiger partial charge >= 0.3 is 0 Å². The quantitative estimate of drug-likeness (QED) is 0.814. The van der Waals surface area contributed by atoms with E-state index in [4.69, 9.17) is 0 Å². The Bertz CT molecular complexity index is 493. The average molecular weight is 255 g/mol. The number of H-pyrrole nitrogens is 1. The first-order chi connectivity index (χ1) is 6.66. The Kier molecular flexibility index (Phi) is 2.20. The number of aromatic amines is 1. The van der Waals surface area contributed by atoms with Crippen LogP contribution in [-0.2, 0) is 4.79 Å². The fraction of sp³-hybridized carbons (Fsp3) is 0.125. The number of aromatic nitrogens is 3. The lowest BCUT2D eigenvalue weighted by molar-refractivity contribution is -0.114. The third-order valence-electron chi connectivity index (χ3n) is 1.70. The second-order valence-corrected chi connectivity index (χ2v) is 3.60. The van der Waals surface area contributed by atoms with Crippen molar-refractivity contribution < 1.29 is 4.79 Å². The van der Waals surface area contributed by atoms with Gasteiger partial charge in [-0.3, -0.25) is 9.89 Å². The number of amides is 1. The highest BCUT2D eigenvalue weighted by atomic mass is 79.9. The van der Waals surface area contributed by atoms with Crippen LogP contribution >= 0.6 is 15.9 Å². The molecule has 14 heavy (non-hydrogen) atoms. The van der Waals surface area contributed by atoms with E-state index in [2.05, 4.69) is 36.4 Å². The van der Waals surface area contributed by atoms with Gasteiger partial charge < -0.3 is 5.32 Å². The van der Waals surface area contributed by atoms with Crippen LogP contribution in [0.4, 0.5) is 5.82 Å². The Hall–Kier alpha value is -1.43. The van der Waals surface area contributed by atoms with Gasteiger partial charge in [0.15, 0.2) is 0 Å². The van der Waals surface area contributed by atoms with E-state index >= 15 is 0 Å². The lowest BCUT2D eigenvalue weighted by atomic mass is 10.3. The number of anilines is 1. The number of carbonyl (C=O) groups is 1. The normalized spacial score (nSPS) is 10.4. The summed E-state index contributed by atoms with van der Waals surface area (Å²) in [6.45, 7) is 1.44. The molecule has 2 aromatic heterocycles. The highest BCUT2D eigenvalue weighted by molar-refractivity contribution is 9.10. The summed E-state index contributed by atoms with van der Waals surface area (Å²) < 4.78 is 0.786. The van der Waals surface area contributed by atoms with Gasteiger partial charge in [-0.1, -0.05) is 0 Å². The Balaban J connectivity index is 2.46. The molecule has 6 heteroatoms. The largest absolute Gasteiger partial charge is 0.311 e. The van der Waals surface area contributed by atoms with Crippen molar-refractivity contribution in [1.82, 2.24) is 15.2 Å². The monoisotopic (exact) mass is 254 g/mol. The van der Waals surface area contributed by atoms with E-state index in [0.29, 0.717) is 5.82 Å². The first-order valence-corrected chi connectivity index (χ1v) is 4.73. The Morgan fingerprint density at radius 1 is 1.64 bits per heavy atom.